The molecule has 2 aromatic rings. The lowest BCUT2D eigenvalue weighted by molar-refractivity contribution is -0.183. The van der Waals surface area contributed by atoms with Crippen LogP contribution in [-0.4, -0.2) is 64.4 Å². The number of amides is 2. The van der Waals surface area contributed by atoms with Gasteiger partial charge in [0, 0.05) is 17.9 Å². The Balaban J connectivity index is 1.13. The van der Waals surface area contributed by atoms with E-state index in [1.54, 1.807) is 0 Å². The van der Waals surface area contributed by atoms with Gasteiger partial charge in [-0.25, -0.2) is 9.59 Å². The number of aliphatic carboxylic acids is 1. The molecule has 1 heterocycles. The first-order valence-electron chi connectivity index (χ1n) is 11.2. The fourth-order valence-electron chi connectivity index (χ4n) is 5.28. The van der Waals surface area contributed by atoms with Crippen molar-refractivity contribution in [3.05, 3.63) is 59.7 Å². The quantitative estimate of drug-likeness (QED) is 0.644. The number of β-amino-alcohol motifs (C(OH)–C–C–N with tert-alkyl or cyclic N) is 1. The maximum absolute atomic E-state index is 12.6. The Bertz CT molecular complexity index is 1060. The molecule has 2 fully saturated rings. The summed E-state index contributed by atoms with van der Waals surface area (Å²) in [5.41, 5.74) is 2.79. The number of benzene rings is 2. The average molecular weight is 450 g/mol. The highest BCUT2D eigenvalue weighted by molar-refractivity contribution is 5.86. The minimum atomic E-state index is -1.84. The van der Waals surface area contributed by atoms with E-state index < -0.39 is 17.7 Å². The van der Waals surface area contributed by atoms with Gasteiger partial charge in [-0.3, -0.25) is 4.79 Å². The molecule has 8 nitrogen and oxygen atoms in total. The van der Waals surface area contributed by atoms with Gasteiger partial charge in [0.2, 0.25) is 5.91 Å². The standard InChI is InChI=1S/C25H26N2O6/c28-22(27-13-25(32,14-27)23(29)30)15-9-10-16(11-15)26-24(31)33-12-21-19-7-3-1-5-17(19)18-6-2-4-8-20(18)21/h1-8,15-16,21,32H,9-14H2,(H,26,31)(H,29,30). The van der Waals surface area contributed by atoms with Gasteiger partial charge >= 0.3 is 12.1 Å². The highest BCUT2D eigenvalue weighted by atomic mass is 16.5. The summed E-state index contributed by atoms with van der Waals surface area (Å²) in [5.74, 6) is -1.78. The van der Waals surface area contributed by atoms with E-state index in [2.05, 4.69) is 29.6 Å². The number of carboxylic acids is 1. The number of hydrogen-bond acceptors (Lipinski definition) is 5. The molecule has 2 atom stereocenters. The van der Waals surface area contributed by atoms with Gasteiger partial charge < -0.3 is 25.2 Å². The average Bonchev–Trinajstić information content (AvgIpc) is 3.37. The van der Waals surface area contributed by atoms with Gasteiger partial charge in [-0.2, -0.15) is 0 Å². The summed E-state index contributed by atoms with van der Waals surface area (Å²) in [6.07, 6.45) is 1.23. The largest absolute Gasteiger partial charge is 0.479 e. The van der Waals surface area contributed by atoms with E-state index >= 15 is 0 Å². The Hall–Kier alpha value is -3.39. The number of fused-ring (bicyclic) bond motifs is 3. The SMILES string of the molecule is O=C(NC1CCC(C(=O)N2CC(O)(C(=O)O)C2)C1)OCC1c2ccccc2-c2ccccc21. The molecule has 33 heavy (non-hydrogen) atoms. The van der Waals surface area contributed by atoms with Gasteiger partial charge in [0.25, 0.3) is 0 Å². The lowest BCUT2D eigenvalue weighted by Crippen LogP contribution is -2.68. The van der Waals surface area contributed by atoms with Crippen molar-refractivity contribution in [2.24, 2.45) is 5.92 Å². The lowest BCUT2D eigenvalue weighted by atomic mass is 9.92. The molecule has 2 aromatic carbocycles. The first-order valence-corrected chi connectivity index (χ1v) is 11.2. The van der Waals surface area contributed by atoms with Crippen LogP contribution in [0.2, 0.25) is 0 Å². The number of carboxylic acid groups (broad SMARTS) is 1. The zero-order valence-corrected chi connectivity index (χ0v) is 18.1. The van der Waals surface area contributed by atoms with Gasteiger partial charge in [-0.15, -0.1) is 0 Å². The van der Waals surface area contributed by atoms with Gasteiger partial charge in [-0.1, -0.05) is 48.5 Å². The Kier molecular flexibility index (Phi) is 5.32. The first kappa shape index (κ1) is 21.5. The van der Waals surface area contributed by atoms with Crippen LogP contribution in [-0.2, 0) is 14.3 Å². The van der Waals surface area contributed by atoms with Gasteiger partial charge in [0.15, 0.2) is 5.60 Å². The fraction of sp³-hybridized carbons (Fsp3) is 0.400. The topological polar surface area (TPSA) is 116 Å². The molecule has 2 aliphatic carbocycles. The molecule has 1 saturated carbocycles. The molecule has 0 spiro atoms. The summed E-state index contributed by atoms with van der Waals surface area (Å²) in [6, 6.07) is 16.1. The Morgan fingerprint density at radius 3 is 2.21 bits per heavy atom. The van der Waals surface area contributed by atoms with Crippen LogP contribution in [0.3, 0.4) is 0 Å². The molecule has 0 radical (unpaired) electrons. The molecule has 2 unspecified atom stereocenters. The minimum absolute atomic E-state index is 0.0135. The van der Waals surface area contributed by atoms with Crippen molar-refractivity contribution >= 4 is 18.0 Å². The predicted octanol–water partition coefficient (Wildman–Crippen LogP) is 2.35. The third-order valence-electron chi connectivity index (χ3n) is 7.06. The monoisotopic (exact) mass is 450 g/mol. The van der Waals surface area contributed by atoms with Crippen molar-refractivity contribution in [1.82, 2.24) is 10.2 Å². The number of nitrogens with one attached hydrogen (secondary N) is 1. The molecule has 8 heteroatoms. The van der Waals surface area contributed by atoms with Crippen LogP contribution in [0.15, 0.2) is 48.5 Å². The number of nitrogens with zero attached hydrogens (tertiary/aromatic N) is 1. The summed E-state index contributed by atoms with van der Waals surface area (Å²) in [5, 5.41) is 21.7. The van der Waals surface area contributed by atoms with Crippen molar-refractivity contribution in [2.45, 2.75) is 36.8 Å². The third-order valence-corrected chi connectivity index (χ3v) is 7.06. The smallest absolute Gasteiger partial charge is 0.407 e. The van der Waals surface area contributed by atoms with Crippen molar-refractivity contribution in [2.75, 3.05) is 19.7 Å². The van der Waals surface area contributed by atoms with Crippen LogP contribution in [0.5, 0.6) is 0 Å². The van der Waals surface area contributed by atoms with E-state index in [0.717, 1.165) is 11.1 Å². The number of likely N-dealkylation sites (tertiary alicyclic amines) is 1. The highest BCUT2D eigenvalue weighted by Crippen LogP contribution is 2.44. The van der Waals surface area contributed by atoms with Crippen LogP contribution >= 0.6 is 0 Å². The zero-order chi connectivity index (χ0) is 23.2. The van der Waals surface area contributed by atoms with E-state index in [4.69, 9.17) is 9.84 Å². The molecule has 0 bridgehead atoms. The van der Waals surface area contributed by atoms with Crippen LogP contribution in [0.4, 0.5) is 4.79 Å². The lowest BCUT2D eigenvalue weighted by Gasteiger charge is -2.44. The molecule has 3 aliphatic rings. The summed E-state index contributed by atoms with van der Waals surface area (Å²) >= 11 is 0. The molecule has 2 amide bonds. The molecule has 1 saturated heterocycles. The van der Waals surface area contributed by atoms with E-state index in [1.807, 2.05) is 24.3 Å². The number of alkyl carbamates (subject to hydrolysis) is 1. The molecule has 5 rings (SSSR count). The van der Waals surface area contributed by atoms with Crippen molar-refractivity contribution in [3.8, 4) is 11.1 Å². The van der Waals surface area contributed by atoms with E-state index in [1.165, 1.54) is 16.0 Å². The van der Waals surface area contributed by atoms with E-state index in [9.17, 15) is 19.5 Å². The second-order valence-corrected chi connectivity index (χ2v) is 9.21. The van der Waals surface area contributed by atoms with Crippen molar-refractivity contribution in [1.29, 1.82) is 0 Å². The predicted molar refractivity (Wildman–Crippen MR) is 118 cm³/mol. The number of hydrogen-bond donors (Lipinski definition) is 3. The third kappa shape index (κ3) is 3.84. The molecule has 3 N–H and O–H groups in total. The maximum atomic E-state index is 12.6. The zero-order valence-electron chi connectivity index (χ0n) is 18.1. The highest BCUT2D eigenvalue weighted by Gasteiger charge is 2.51. The number of rotatable bonds is 5. The normalized spacial score (nSPS) is 22.8. The second kappa shape index (κ2) is 8.19. The van der Waals surface area contributed by atoms with Gasteiger partial charge in [0.1, 0.15) is 6.61 Å². The molecular weight excluding hydrogens is 424 g/mol. The minimum Gasteiger partial charge on any atom is -0.479 e. The molecule has 172 valence electrons. The Morgan fingerprint density at radius 1 is 1.00 bits per heavy atom. The van der Waals surface area contributed by atoms with E-state index in [0.29, 0.717) is 19.3 Å². The summed E-state index contributed by atoms with van der Waals surface area (Å²) in [4.78, 5) is 37.5. The second-order valence-electron chi connectivity index (χ2n) is 9.21. The number of carbonyl (C=O) groups is 3. The molecule has 0 aromatic heterocycles. The number of ether oxygens (including phenoxy) is 1. The van der Waals surface area contributed by atoms with Crippen molar-refractivity contribution in [3.63, 3.8) is 0 Å². The molecule has 1 aliphatic heterocycles. The maximum Gasteiger partial charge on any atom is 0.407 e. The summed E-state index contributed by atoms with van der Waals surface area (Å²) < 4.78 is 5.59. The molecular formula is C25H26N2O6. The van der Waals surface area contributed by atoms with E-state index in [-0.39, 0.29) is 43.5 Å². The first-order chi connectivity index (χ1) is 15.9. The number of carbonyl (C=O) groups excluding carboxylic acids is 2. The number of aliphatic hydroxyl groups is 1. The summed E-state index contributed by atoms with van der Waals surface area (Å²) in [6.45, 7) is -0.152. The van der Waals surface area contributed by atoms with Gasteiger partial charge in [0.05, 0.1) is 13.1 Å². The van der Waals surface area contributed by atoms with Crippen LogP contribution in [0, 0.1) is 5.92 Å². The van der Waals surface area contributed by atoms with Crippen LogP contribution in [0.1, 0.15) is 36.3 Å². The Morgan fingerprint density at radius 2 is 1.61 bits per heavy atom. The van der Waals surface area contributed by atoms with Crippen LogP contribution in [0.25, 0.3) is 11.1 Å². The summed E-state index contributed by atoms with van der Waals surface area (Å²) in [7, 11) is 0. The van der Waals surface area contributed by atoms with Crippen molar-refractivity contribution < 1.29 is 29.3 Å². The van der Waals surface area contributed by atoms with Gasteiger partial charge in [-0.05, 0) is 41.5 Å². The fourth-order valence-corrected chi connectivity index (χ4v) is 5.28. The van der Waals surface area contributed by atoms with Crippen LogP contribution < -0.4 is 5.32 Å². The Labute approximate surface area is 191 Å².